The first-order valence-corrected chi connectivity index (χ1v) is 4.51. The average molecular weight is 202 g/mol. The van der Waals surface area contributed by atoms with Gasteiger partial charge >= 0.3 is 0 Å². The third-order valence-corrected chi connectivity index (χ3v) is 1.92. The van der Waals surface area contributed by atoms with Crippen LogP contribution in [0.15, 0.2) is 18.5 Å². The van der Waals surface area contributed by atoms with E-state index in [-0.39, 0.29) is 0 Å². The van der Waals surface area contributed by atoms with Crippen molar-refractivity contribution in [2.75, 3.05) is 0 Å². The third kappa shape index (κ3) is 1.88. The molecule has 2 rings (SSSR count). The quantitative estimate of drug-likeness (QED) is 0.720. The van der Waals surface area contributed by atoms with Gasteiger partial charge in [0.1, 0.15) is 6.33 Å². The Balaban J connectivity index is 2.42. The minimum absolute atomic E-state index is 0.616. The van der Waals surface area contributed by atoms with Gasteiger partial charge in [-0.15, -0.1) is 15.3 Å². The number of aromatic nitrogens is 6. The minimum Gasteiger partial charge on any atom is -0.180 e. The van der Waals surface area contributed by atoms with Crippen LogP contribution in [-0.2, 0) is 0 Å². The van der Waals surface area contributed by atoms with Crippen LogP contribution in [0.4, 0.5) is 0 Å². The van der Waals surface area contributed by atoms with Gasteiger partial charge in [0, 0.05) is 0 Å². The van der Waals surface area contributed by atoms with Crippen LogP contribution in [0.1, 0.15) is 18.2 Å². The van der Waals surface area contributed by atoms with Crippen LogP contribution in [0.2, 0.25) is 0 Å². The number of allylic oxidation sites excluding steroid dienone is 1. The van der Waals surface area contributed by atoms with Gasteiger partial charge in [-0.05, 0) is 42.0 Å². The molecular weight excluding hydrogens is 192 g/mol. The first-order valence-electron chi connectivity index (χ1n) is 4.51. The molecule has 0 spiro atoms. The second kappa shape index (κ2) is 3.95. The maximum Gasteiger partial charge on any atom is 0.179 e. The molecule has 0 atom stereocenters. The van der Waals surface area contributed by atoms with Crippen molar-refractivity contribution < 1.29 is 0 Å². The van der Waals surface area contributed by atoms with Crippen molar-refractivity contribution in [2.24, 2.45) is 0 Å². The molecule has 2 heterocycles. The molecule has 6 nitrogen and oxygen atoms in total. The number of hydrogen-bond donors (Lipinski definition) is 0. The zero-order chi connectivity index (χ0) is 10.7. The van der Waals surface area contributed by atoms with Crippen molar-refractivity contribution in [3.05, 3.63) is 29.7 Å². The third-order valence-electron chi connectivity index (χ3n) is 1.92. The van der Waals surface area contributed by atoms with Gasteiger partial charge in [0.2, 0.25) is 0 Å². The standard InChI is InChI=1S/C9H10N6/c1-3-4-8-7(2)5-9(12-11-8)15-6-10-13-14-15/h3-6H,1-2H3/b4-3+. The molecule has 0 aromatic carbocycles. The van der Waals surface area contributed by atoms with Crippen molar-refractivity contribution in [3.8, 4) is 5.82 Å². The number of hydrogen-bond acceptors (Lipinski definition) is 5. The molecule has 2 aromatic heterocycles. The first-order chi connectivity index (χ1) is 7.31. The van der Waals surface area contributed by atoms with Gasteiger partial charge in [-0.25, -0.2) is 0 Å². The summed E-state index contributed by atoms with van der Waals surface area (Å²) in [4.78, 5) is 0. The number of rotatable bonds is 2. The summed E-state index contributed by atoms with van der Waals surface area (Å²) in [5.74, 6) is 0.616. The second-order valence-electron chi connectivity index (χ2n) is 3.03. The highest BCUT2D eigenvalue weighted by atomic mass is 15.5. The van der Waals surface area contributed by atoms with Crippen molar-refractivity contribution in [1.82, 2.24) is 30.4 Å². The van der Waals surface area contributed by atoms with Crippen LogP contribution in [0.25, 0.3) is 11.9 Å². The molecule has 0 saturated heterocycles. The zero-order valence-electron chi connectivity index (χ0n) is 8.49. The van der Waals surface area contributed by atoms with E-state index in [0.29, 0.717) is 5.82 Å². The first kappa shape index (κ1) is 9.45. The topological polar surface area (TPSA) is 69.4 Å². The fourth-order valence-corrected chi connectivity index (χ4v) is 1.18. The lowest BCUT2D eigenvalue weighted by molar-refractivity contribution is 0.752. The van der Waals surface area contributed by atoms with E-state index >= 15 is 0 Å². The van der Waals surface area contributed by atoms with Crippen LogP contribution in [0.5, 0.6) is 0 Å². The van der Waals surface area contributed by atoms with E-state index in [9.17, 15) is 0 Å². The molecule has 0 unspecified atom stereocenters. The smallest absolute Gasteiger partial charge is 0.179 e. The molecule has 0 radical (unpaired) electrons. The summed E-state index contributed by atoms with van der Waals surface area (Å²) in [7, 11) is 0. The van der Waals surface area contributed by atoms with E-state index in [0.717, 1.165) is 11.3 Å². The Hall–Kier alpha value is -2.11. The predicted molar refractivity (Wildman–Crippen MR) is 54.2 cm³/mol. The van der Waals surface area contributed by atoms with Gasteiger partial charge in [-0.3, -0.25) is 0 Å². The van der Waals surface area contributed by atoms with Gasteiger partial charge < -0.3 is 0 Å². The summed E-state index contributed by atoms with van der Waals surface area (Å²) in [5.41, 5.74) is 1.89. The zero-order valence-corrected chi connectivity index (χ0v) is 8.49. The van der Waals surface area contributed by atoms with E-state index in [1.54, 1.807) is 0 Å². The molecule has 0 saturated carbocycles. The highest BCUT2D eigenvalue weighted by Gasteiger charge is 2.03. The van der Waals surface area contributed by atoms with Crippen LogP contribution in [0.3, 0.4) is 0 Å². The molecular formula is C9H10N6. The summed E-state index contributed by atoms with van der Waals surface area (Å²) in [6, 6.07) is 1.89. The molecule has 0 aliphatic rings. The lowest BCUT2D eigenvalue weighted by Crippen LogP contribution is -2.02. The molecule has 76 valence electrons. The fourth-order valence-electron chi connectivity index (χ4n) is 1.18. The van der Waals surface area contributed by atoms with Gasteiger partial charge in [0.25, 0.3) is 0 Å². The molecule has 6 heteroatoms. The monoisotopic (exact) mass is 202 g/mol. The van der Waals surface area contributed by atoms with Crippen LogP contribution < -0.4 is 0 Å². The lowest BCUT2D eigenvalue weighted by Gasteiger charge is -2.01. The highest BCUT2D eigenvalue weighted by molar-refractivity contribution is 5.49. The second-order valence-corrected chi connectivity index (χ2v) is 3.03. The van der Waals surface area contributed by atoms with Crippen LogP contribution in [0, 0.1) is 6.92 Å². The molecule has 0 aliphatic heterocycles. The predicted octanol–water partition coefficient (Wildman–Crippen LogP) is 0.794. The number of aryl methyl sites for hydroxylation is 1. The van der Waals surface area contributed by atoms with Gasteiger partial charge in [-0.2, -0.15) is 4.68 Å². The van der Waals surface area contributed by atoms with Crippen molar-refractivity contribution in [1.29, 1.82) is 0 Å². The Morgan fingerprint density at radius 3 is 2.80 bits per heavy atom. The number of nitrogens with zero attached hydrogens (tertiary/aromatic N) is 6. The summed E-state index contributed by atoms with van der Waals surface area (Å²) >= 11 is 0. The SMILES string of the molecule is C/C=C/c1nnc(-n2cnnn2)cc1C. The molecule has 0 amide bonds. The molecule has 0 aliphatic carbocycles. The molecule has 0 bridgehead atoms. The Bertz CT molecular complexity index is 473. The maximum atomic E-state index is 4.07. The number of tetrazole rings is 1. The Morgan fingerprint density at radius 2 is 2.20 bits per heavy atom. The van der Waals surface area contributed by atoms with E-state index in [1.165, 1.54) is 11.0 Å². The lowest BCUT2D eigenvalue weighted by atomic mass is 10.2. The molecule has 0 N–H and O–H groups in total. The van der Waals surface area contributed by atoms with Gasteiger partial charge in [-0.1, -0.05) is 6.08 Å². The average Bonchev–Trinajstić information content (AvgIpc) is 2.74. The normalized spacial score (nSPS) is 11.1. The Morgan fingerprint density at radius 1 is 1.33 bits per heavy atom. The summed E-state index contributed by atoms with van der Waals surface area (Å²) in [6.07, 6.45) is 5.32. The maximum absolute atomic E-state index is 4.07. The van der Waals surface area contributed by atoms with E-state index in [2.05, 4.69) is 25.7 Å². The summed E-state index contributed by atoms with van der Waals surface area (Å²) in [5, 5.41) is 18.9. The Kier molecular flexibility index (Phi) is 2.49. The van der Waals surface area contributed by atoms with Crippen molar-refractivity contribution in [2.45, 2.75) is 13.8 Å². The summed E-state index contributed by atoms with van der Waals surface area (Å²) in [6.45, 7) is 3.91. The molecule has 0 fully saturated rings. The van der Waals surface area contributed by atoms with Crippen molar-refractivity contribution in [3.63, 3.8) is 0 Å². The van der Waals surface area contributed by atoms with Crippen molar-refractivity contribution >= 4 is 6.08 Å². The summed E-state index contributed by atoms with van der Waals surface area (Å²) < 4.78 is 1.47. The van der Waals surface area contributed by atoms with Gasteiger partial charge in [0.15, 0.2) is 5.82 Å². The largest absolute Gasteiger partial charge is 0.180 e. The van der Waals surface area contributed by atoms with Crippen LogP contribution >= 0.6 is 0 Å². The highest BCUT2D eigenvalue weighted by Crippen LogP contribution is 2.08. The van der Waals surface area contributed by atoms with E-state index < -0.39 is 0 Å². The van der Waals surface area contributed by atoms with E-state index in [1.807, 2.05) is 32.1 Å². The molecule has 2 aromatic rings. The van der Waals surface area contributed by atoms with Gasteiger partial charge in [0.05, 0.1) is 5.69 Å². The van der Waals surface area contributed by atoms with E-state index in [4.69, 9.17) is 0 Å². The minimum atomic E-state index is 0.616. The Labute approximate surface area is 86.6 Å². The fraction of sp³-hybridized carbons (Fsp3) is 0.222. The van der Waals surface area contributed by atoms with Crippen LogP contribution in [-0.4, -0.2) is 30.4 Å². The molecule has 15 heavy (non-hydrogen) atoms.